The third-order valence-corrected chi connectivity index (χ3v) is 7.57. The SMILES string of the molecule is CC[C@@H](C(=O)NC1CCCCC1)N(Cc1ccc(F)cc1)C(=O)CCCSc1ccc(Cl)cc1. The van der Waals surface area contributed by atoms with Crippen LogP contribution in [0.15, 0.2) is 53.4 Å². The van der Waals surface area contributed by atoms with Gasteiger partial charge in [0.25, 0.3) is 0 Å². The van der Waals surface area contributed by atoms with Crippen molar-refractivity contribution in [3.63, 3.8) is 0 Å². The molecule has 3 rings (SSSR count). The van der Waals surface area contributed by atoms with Gasteiger partial charge in [-0.25, -0.2) is 4.39 Å². The van der Waals surface area contributed by atoms with Gasteiger partial charge in [-0.2, -0.15) is 0 Å². The second-order valence-electron chi connectivity index (χ2n) is 8.82. The highest BCUT2D eigenvalue weighted by Gasteiger charge is 2.30. The third kappa shape index (κ3) is 8.31. The van der Waals surface area contributed by atoms with Crippen molar-refractivity contribution in [2.75, 3.05) is 5.75 Å². The molecule has 0 radical (unpaired) electrons. The molecule has 1 aliphatic rings. The molecule has 0 aromatic heterocycles. The van der Waals surface area contributed by atoms with Gasteiger partial charge < -0.3 is 10.2 Å². The molecule has 0 bridgehead atoms. The van der Waals surface area contributed by atoms with E-state index >= 15 is 0 Å². The molecule has 0 aliphatic heterocycles. The predicted octanol–water partition coefficient (Wildman–Crippen LogP) is 6.61. The third-order valence-electron chi connectivity index (χ3n) is 6.22. The summed E-state index contributed by atoms with van der Waals surface area (Å²) in [6.07, 6.45) is 7.06. The predicted molar refractivity (Wildman–Crippen MR) is 137 cm³/mol. The van der Waals surface area contributed by atoms with Crippen LogP contribution in [0.1, 0.15) is 63.9 Å². The lowest BCUT2D eigenvalue weighted by Crippen LogP contribution is -2.51. The van der Waals surface area contributed by atoms with Crippen LogP contribution in [0.2, 0.25) is 5.02 Å². The molecule has 0 saturated heterocycles. The maximum atomic E-state index is 13.4. The highest BCUT2D eigenvalue weighted by molar-refractivity contribution is 7.99. The summed E-state index contributed by atoms with van der Waals surface area (Å²) in [6, 6.07) is 13.4. The molecular weight excluding hydrogens is 471 g/mol. The van der Waals surface area contributed by atoms with Gasteiger partial charge in [-0.3, -0.25) is 9.59 Å². The average molecular weight is 505 g/mol. The quantitative estimate of drug-likeness (QED) is 0.277. The zero-order valence-electron chi connectivity index (χ0n) is 19.8. The highest BCUT2D eigenvalue weighted by atomic mass is 35.5. The first-order valence-corrected chi connectivity index (χ1v) is 13.5. The van der Waals surface area contributed by atoms with E-state index in [2.05, 4.69) is 5.32 Å². The van der Waals surface area contributed by atoms with Crippen LogP contribution in [-0.2, 0) is 16.1 Å². The Labute approximate surface area is 211 Å². The van der Waals surface area contributed by atoms with Crippen LogP contribution in [0.25, 0.3) is 0 Å². The minimum Gasteiger partial charge on any atom is -0.352 e. The summed E-state index contributed by atoms with van der Waals surface area (Å²) < 4.78 is 13.4. The van der Waals surface area contributed by atoms with E-state index < -0.39 is 6.04 Å². The molecule has 1 aliphatic carbocycles. The fraction of sp³-hybridized carbons (Fsp3) is 0.481. The first-order chi connectivity index (χ1) is 16.5. The van der Waals surface area contributed by atoms with Gasteiger partial charge in [0.05, 0.1) is 0 Å². The molecule has 1 atom stereocenters. The molecule has 34 heavy (non-hydrogen) atoms. The van der Waals surface area contributed by atoms with Gasteiger partial charge in [0, 0.05) is 28.9 Å². The largest absolute Gasteiger partial charge is 0.352 e. The minimum atomic E-state index is -0.539. The maximum Gasteiger partial charge on any atom is 0.243 e. The lowest BCUT2D eigenvalue weighted by Gasteiger charge is -2.33. The number of thioether (sulfide) groups is 1. The molecule has 1 N–H and O–H groups in total. The van der Waals surface area contributed by atoms with Gasteiger partial charge in [-0.15, -0.1) is 11.8 Å². The zero-order chi connectivity index (χ0) is 24.3. The fourth-order valence-electron chi connectivity index (χ4n) is 4.34. The Morgan fingerprint density at radius 1 is 1.09 bits per heavy atom. The molecular formula is C27H34ClFN2O2S. The summed E-state index contributed by atoms with van der Waals surface area (Å²) in [4.78, 5) is 29.3. The van der Waals surface area contributed by atoms with Crippen LogP contribution in [0.4, 0.5) is 4.39 Å². The maximum absolute atomic E-state index is 13.4. The van der Waals surface area contributed by atoms with Crippen molar-refractivity contribution in [2.24, 2.45) is 0 Å². The number of carbonyl (C=O) groups excluding carboxylic acids is 2. The van der Waals surface area contributed by atoms with E-state index in [-0.39, 0.29) is 23.7 Å². The normalized spacial score (nSPS) is 15.0. The van der Waals surface area contributed by atoms with Gasteiger partial charge in [-0.05, 0) is 73.4 Å². The molecule has 0 unspecified atom stereocenters. The Kier molecular flexibility index (Phi) is 10.7. The number of nitrogens with zero attached hydrogens (tertiary/aromatic N) is 1. The van der Waals surface area contributed by atoms with Crippen LogP contribution in [0.5, 0.6) is 0 Å². The second kappa shape index (κ2) is 13.7. The van der Waals surface area contributed by atoms with Crippen LogP contribution in [0, 0.1) is 5.82 Å². The molecule has 1 saturated carbocycles. The van der Waals surface area contributed by atoms with E-state index in [1.54, 1.807) is 28.8 Å². The van der Waals surface area contributed by atoms with Crippen LogP contribution < -0.4 is 5.32 Å². The number of halogens is 2. The van der Waals surface area contributed by atoms with E-state index in [0.29, 0.717) is 30.8 Å². The molecule has 0 spiro atoms. The standard InChI is InChI=1S/C27H34ClFN2O2S/c1-2-25(27(33)30-23-7-4-3-5-8-23)31(19-20-10-14-22(29)15-11-20)26(32)9-6-18-34-24-16-12-21(28)13-17-24/h10-17,23,25H,2-9,18-19H2,1H3,(H,30,33)/t25-/m0/s1. The van der Waals surface area contributed by atoms with Crippen molar-refractivity contribution in [1.82, 2.24) is 10.2 Å². The van der Waals surface area contributed by atoms with Gasteiger partial charge in [0.2, 0.25) is 11.8 Å². The number of carbonyl (C=O) groups is 2. The summed E-state index contributed by atoms with van der Waals surface area (Å²) in [6.45, 7) is 2.23. The zero-order valence-corrected chi connectivity index (χ0v) is 21.3. The van der Waals surface area contributed by atoms with Gasteiger partial charge in [-0.1, -0.05) is 49.9 Å². The summed E-state index contributed by atoms with van der Waals surface area (Å²) in [5, 5.41) is 3.89. The molecule has 1 fully saturated rings. The molecule has 184 valence electrons. The second-order valence-corrected chi connectivity index (χ2v) is 10.4. The van der Waals surface area contributed by atoms with Crippen molar-refractivity contribution < 1.29 is 14.0 Å². The summed E-state index contributed by atoms with van der Waals surface area (Å²) in [5.41, 5.74) is 0.814. The van der Waals surface area contributed by atoms with Crippen molar-refractivity contribution in [2.45, 2.75) is 81.8 Å². The number of nitrogens with one attached hydrogen (secondary N) is 1. The van der Waals surface area contributed by atoms with Crippen LogP contribution in [0.3, 0.4) is 0 Å². The number of amides is 2. The first-order valence-electron chi connectivity index (χ1n) is 12.2. The van der Waals surface area contributed by atoms with Crippen molar-refractivity contribution in [1.29, 1.82) is 0 Å². The Hall–Kier alpha value is -2.05. The molecule has 2 aromatic rings. The Morgan fingerprint density at radius 3 is 2.41 bits per heavy atom. The molecule has 4 nitrogen and oxygen atoms in total. The topological polar surface area (TPSA) is 49.4 Å². The molecule has 7 heteroatoms. The van der Waals surface area contributed by atoms with E-state index in [1.165, 1.54) is 18.6 Å². The number of hydrogen-bond acceptors (Lipinski definition) is 3. The van der Waals surface area contributed by atoms with Crippen molar-refractivity contribution in [3.8, 4) is 0 Å². The van der Waals surface area contributed by atoms with Gasteiger partial charge >= 0.3 is 0 Å². The molecule has 2 amide bonds. The van der Waals surface area contributed by atoms with E-state index in [1.807, 2.05) is 31.2 Å². The van der Waals surface area contributed by atoms with E-state index in [4.69, 9.17) is 11.6 Å². The van der Waals surface area contributed by atoms with E-state index in [0.717, 1.165) is 41.9 Å². The first kappa shape index (κ1) is 26.6. The Morgan fingerprint density at radius 2 is 1.76 bits per heavy atom. The fourth-order valence-corrected chi connectivity index (χ4v) is 5.32. The summed E-state index contributed by atoms with van der Waals surface area (Å²) in [7, 11) is 0. The van der Waals surface area contributed by atoms with Gasteiger partial charge in [0.1, 0.15) is 11.9 Å². The lowest BCUT2D eigenvalue weighted by molar-refractivity contribution is -0.141. The van der Waals surface area contributed by atoms with Crippen LogP contribution >= 0.6 is 23.4 Å². The molecule has 0 heterocycles. The summed E-state index contributed by atoms with van der Waals surface area (Å²) >= 11 is 7.62. The van der Waals surface area contributed by atoms with Crippen molar-refractivity contribution in [3.05, 3.63) is 64.9 Å². The Balaban J connectivity index is 1.63. The Bertz CT molecular complexity index is 917. The number of benzene rings is 2. The lowest BCUT2D eigenvalue weighted by atomic mass is 9.95. The smallest absolute Gasteiger partial charge is 0.243 e. The van der Waals surface area contributed by atoms with E-state index in [9.17, 15) is 14.0 Å². The number of rotatable bonds is 11. The minimum absolute atomic E-state index is 0.0494. The summed E-state index contributed by atoms with van der Waals surface area (Å²) in [5.74, 6) is 0.345. The van der Waals surface area contributed by atoms with Crippen LogP contribution in [-0.4, -0.2) is 34.6 Å². The van der Waals surface area contributed by atoms with Crippen molar-refractivity contribution >= 4 is 35.2 Å². The average Bonchev–Trinajstić information content (AvgIpc) is 2.84. The monoisotopic (exact) mass is 504 g/mol. The number of hydrogen-bond donors (Lipinski definition) is 1. The highest BCUT2D eigenvalue weighted by Crippen LogP contribution is 2.23. The molecule has 2 aromatic carbocycles. The van der Waals surface area contributed by atoms with Gasteiger partial charge in [0.15, 0.2) is 0 Å².